The number of sulfonamides is 1. The van der Waals surface area contributed by atoms with E-state index >= 15 is 0 Å². The Morgan fingerprint density at radius 2 is 2.22 bits per heavy atom. The maximum atomic E-state index is 12.0. The summed E-state index contributed by atoms with van der Waals surface area (Å²) in [5.74, 6) is 0.424. The molecule has 0 radical (unpaired) electrons. The summed E-state index contributed by atoms with van der Waals surface area (Å²) in [6.45, 7) is 4.03. The molecule has 1 heterocycles. The lowest BCUT2D eigenvalue weighted by molar-refractivity contribution is 0.358. The molecule has 0 aliphatic carbocycles. The summed E-state index contributed by atoms with van der Waals surface area (Å²) in [6.07, 6.45) is 0. The number of hydrogen-bond donors (Lipinski definition) is 2. The van der Waals surface area contributed by atoms with Crippen molar-refractivity contribution in [3.8, 4) is 0 Å². The van der Waals surface area contributed by atoms with Crippen molar-refractivity contribution in [2.75, 3.05) is 26.7 Å². The van der Waals surface area contributed by atoms with E-state index in [2.05, 4.69) is 20.7 Å². The van der Waals surface area contributed by atoms with E-state index in [1.165, 1.54) is 6.07 Å². The Morgan fingerprint density at radius 3 is 2.72 bits per heavy atom. The van der Waals surface area contributed by atoms with Crippen LogP contribution in [0.1, 0.15) is 12.7 Å². The van der Waals surface area contributed by atoms with Crippen molar-refractivity contribution in [2.24, 2.45) is 5.73 Å². The molecule has 0 amide bonds. The highest BCUT2D eigenvalue weighted by Crippen LogP contribution is 2.25. The Hall–Kier alpha value is -0.410. The first kappa shape index (κ1) is 15.6. The maximum Gasteiger partial charge on any atom is 0.245 e. The molecule has 1 aromatic rings. The van der Waals surface area contributed by atoms with Crippen LogP contribution in [0, 0.1) is 0 Å². The van der Waals surface area contributed by atoms with Crippen molar-refractivity contribution < 1.29 is 12.8 Å². The first-order chi connectivity index (χ1) is 8.40. The lowest BCUT2D eigenvalue weighted by atomic mass is 10.5. The zero-order valence-corrected chi connectivity index (χ0v) is 12.8. The first-order valence-electron chi connectivity index (χ1n) is 5.57. The number of nitrogens with one attached hydrogen (secondary N) is 1. The standard InChI is InChI=1S/C10H18BrN3O3S/c1-3-14(2)5-4-13-18(15,16)9-6-8(7-12)17-10(9)11/h6,13H,3-5,7,12H2,1-2H3. The van der Waals surface area contributed by atoms with E-state index in [9.17, 15) is 8.42 Å². The molecular formula is C10H18BrN3O3S. The van der Waals surface area contributed by atoms with Gasteiger partial charge in [0.2, 0.25) is 10.0 Å². The third-order valence-electron chi connectivity index (χ3n) is 2.52. The van der Waals surface area contributed by atoms with Gasteiger partial charge in [0.15, 0.2) is 4.67 Å². The van der Waals surface area contributed by atoms with Gasteiger partial charge in [0, 0.05) is 19.2 Å². The third-order valence-corrected chi connectivity index (χ3v) is 4.84. The number of hydrogen-bond acceptors (Lipinski definition) is 5. The highest BCUT2D eigenvalue weighted by Gasteiger charge is 2.21. The highest BCUT2D eigenvalue weighted by molar-refractivity contribution is 9.10. The smallest absolute Gasteiger partial charge is 0.245 e. The van der Waals surface area contributed by atoms with Crippen LogP contribution in [-0.2, 0) is 16.6 Å². The van der Waals surface area contributed by atoms with Gasteiger partial charge in [0.1, 0.15) is 10.7 Å². The second kappa shape index (κ2) is 6.67. The molecule has 0 aliphatic rings. The number of rotatable bonds is 7. The normalized spacial score (nSPS) is 12.3. The van der Waals surface area contributed by atoms with Gasteiger partial charge in [0.05, 0.1) is 6.54 Å². The fraction of sp³-hybridized carbons (Fsp3) is 0.600. The molecule has 0 atom stereocenters. The number of likely N-dealkylation sites (N-methyl/N-ethyl adjacent to an activating group) is 1. The third kappa shape index (κ3) is 4.06. The van der Waals surface area contributed by atoms with Crippen LogP contribution >= 0.6 is 15.9 Å². The monoisotopic (exact) mass is 339 g/mol. The van der Waals surface area contributed by atoms with Crippen LogP contribution in [0.4, 0.5) is 0 Å². The molecule has 104 valence electrons. The summed E-state index contributed by atoms with van der Waals surface area (Å²) < 4.78 is 31.8. The van der Waals surface area contributed by atoms with Gasteiger partial charge in [-0.05, 0) is 29.5 Å². The van der Waals surface area contributed by atoms with E-state index in [1.54, 1.807) is 0 Å². The van der Waals surface area contributed by atoms with Crippen LogP contribution < -0.4 is 10.5 Å². The van der Waals surface area contributed by atoms with Gasteiger partial charge >= 0.3 is 0 Å². The molecule has 0 spiro atoms. The van der Waals surface area contributed by atoms with Gasteiger partial charge in [-0.2, -0.15) is 0 Å². The number of halogens is 1. The van der Waals surface area contributed by atoms with Crippen LogP contribution in [0.15, 0.2) is 20.0 Å². The minimum atomic E-state index is -3.56. The van der Waals surface area contributed by atoms with E-state index in [0.29, 0.717) is 18.8 Å². The maximum absolute atomic E-state index is 12.0. The Balaban J connectivity index is 2.71. The van der Waals surface area contributed by atoms with E-state index in [-0.39, 0.29) is 16.1 Å². The molecule has 0 unspecified atom stereocenters. The molecule has 0 saturated heterocycles. The molecule has 0 aliphatic heterocycles. The molecule has 0 fully saturated rings. The molecule has 1 rings (SSSR count). The van der Waals surface area contributed by atoms with E-state index in [4.69, 9.17) is 10.2 Å². The average Bonchev–Trinajstić information content (AvgIpc) is 2.71. The summed E-state index contributed by atoms with van der Waals surface area (Å²) in [5.41, 5.74) is 5.40. The van der Waals surface area contributed by atoms with Crippen LogP contribution in [0.3, 0.4) is 0 Å². The number of furan rings is 1. The molecule has 3 N–H and O–H groups in total. The largest absolute Gasteiger partial charge is 0.452 e. The van der Waals surface area contributed by atoms with Gasteiger partial charge in [-0.1, -0.05) is 6.92 Å². The topological polar surface area (TPSA) is 88.6 Å². The fourth-order valence-electron chi connectivity index (χ4n) is 1.29. The van der Waals surface area contributed by atoms with E-state index in [1.807, 2.05) is 18.9 Å². The molecule has 18 heavy (non-hydrogen) atoms. The summed E-state index contributed by atoms with van der Waals surface area (Å²) >= 11 is 3.08. The number of nitrogens with zero attached hydrogens (tertiary/aromatic N) is 1. The first-order valence-corrected chi connectivity index (χ1v) is 7.84. The molecule has 6 nitrogen and oxygen atoms in total. The van der Waals surface area contributed by atoms with Crippen molar-refractivity contribution in [1.82, 2.24) is 9.62 Å². The predicted octanol–water partition coefficient (Wildman–Crippen LogP) is 0.731. The van der Waals surface area contributed by atoms with Crippen LogP contribution in [0.25, 0.3) is 0 Å². The van der Waals surface area contributed by atoms with Crippen molar-refractivity contribution in [1.29, 1.82) is 0 Å². The van der Waals surface area contributed by atoms with E-state index < -0.39 is 10.0 Å². The van der Waals surface area contributed by atoms with Gasteiger partial charge in [-0.3, -0.25) is 0 Å². The van der Waals surface area contributed by atoms with Crippen LogP contribution in [0.5, 0.6) is 0 Å². The summed E-state index contributed by atoms with van der Waals surface area (Å²) in [4.78, 5) is 2.10. The SMILES string of the molecule is CCN(C)CCNS(=O)(=O)c1cc(CN)oc1Br. The van der Waals surface area contributed by atoms with Crippen LogP contribution in [0.2, 0.25) is 0 Å². The molecule has 8 heteroatoms. The lowest BCUT2D eigenvalue weighted by Gasteiger charge is -2.13. The Morgan fingerprint density at radius 1 is 1.56 bits per heavy atom. The fourth-order valence-corrected chi connectivity index (χ4v) is 3.31. The van der Waals surface area contributed by atoms with Crippen molar-refractivity contribution >= 4 is 26.0 Å². The zero-order valence-electron chi connectivity index (χ0n) is 10.4. The van der Waals surface area contributed by atoms with Gasteiger partial charge in [0.25, 0.3) is 0 Å². The minimum absolute atomic E-state index is 0.0853. The Bertz CT molecular complexity index is 487. The lowest BCUT2D eigenvalue weighted by Crippen LogP contribution is -2.32. The van der Waals surface area contributed by atoms with Gasteiger partial charge in [-0.25, -0.2) is 13.1 Å². The summed E-state index contributed by atoms with van der Waals surface area (Å²) in [5, 5.41) is 0. The van der Waals surface area contributed by atoms with Crippen molar-refractivity contribution in [3.63, 3.8) is 0 Å². The van der Waals surface area contributed by atoms with Gasteiger partial charge in [-0.15, -0.1) is 0 Å². The van der Waals surface area contributed by atoms with Crippen molar-refractivity contribution in [2.45, 2.75) is 18.4 Å². The van der Waals surface area contributed by atoms with E-state index in [0.717, 1.165) is 6.54 Å². The molecular weight excluding hydrogens is 322 g/mol. The van der Waals surface area contributed by atoms with Crippen LogP contribution in [-0.4, -0.2) is 40.0 Å². The Labute approximate surface area is 116 Å². The molecule has 0 aromatic carbocycles. The average molecular weight is 340 g/mol. The zero-order chi connectivity index (χ0) is 13.8. The predicted molar refractivity (Wildman–Crippen MR) is 72.7 cm³/mol. The minimum Gasteiger partial charge on any atom is -0.452 e. The molecule has 0 saturated carbocycles. The number of nitrogens with two attached hydrogens (primary N) is 1. The quantitative estimate of drug-likeness (QED) is 0.764. The second-order valence-electron chi connectivity index (χ2n) is 3.85. The van der Waals surface area contributed by atoms with Gasteiger partial charge < -0.3 is 15.1 Å². The van der Waals surface area contributed by atoms with Crippen molar-refractivity contribution in [3.05, 3.63) is 16.5 Å². The highest BCUT2D eigenvalue weighted by atomic mass is 79.9. The summed E-state index contributed by atoms with van der Waals surface area (Å²) in [6, 6.07) is 1.43. The second-order valence-corrected chi connectivity index (χ2v) is 6.30. The molecule has 0 bridgehead atoms. The summed E-state index contributed by atoms with van der Waals surface area (Å²) in [7, 11) is -1.63. The molecule has 1 aromatic heterocycles. The Kier molecular flexibility index (Phi) is 5.80.